The molecule has 0 aromatic heterocycles. The van der Waals surface area contributed by atoms with E-state index in [0.717, 1.165) is 0 Å². The Bertz CT molecular complexity index is 841. The number of esters is 1. The molecule has 1 atom stereocenters. The van der Waals surface area contributed by atoms with Crippen LogP contribution in [0.5, 0.6) is 0 Å². The molecule has 0 saturated carbocycles. The number of nitrogens with zero attached hydrogens (tertiary/aromatic N) is 2. The van der Waals surface area contributed by atoms with Gasteiger partial charge in [0, 0.05) is 29.3 Å². The van der Waals surface area contributed by atoms with E-state index < -0.39 is 12.0 Å². The van der Waals surface area contributed by atoms with E-state index in [2.05, 4.69) is 4.99 Å². The first-order valence-corrected chi connectivity index (χ1v) is 10.0. The highest BCUT2D eigenvalue weighted by atomic mass is 35.5. The maximum atomic E-state index is 12.8. The number of thioether (sulfide) groups is 1. The zero-order chi connectivity index (χ0) is 19.6. The highest BCUT2D eigenvalue weighted by molar-refractivity contribution is 8.14. The Kier molecular flexibility index (Phi) is 6.47. The van der Waals surface area contributed by atoms with Crippen molar-refractivity contribution in [1.82, 2.24) is 4.90 Å². The topological polar surface area (TPSA) is 68.2 Å². The molecule has 144 valence electrons. The summed E-state index contributed by atoms with van der Waals surface area (Å²) >= 11 is 13.9. The van der Waals surface area contributed by atoms with E-state index in [0.29, 0.717) is 38.6 Å². The van der Waals surface area contributed by atoms with E-state index in [9.17, 15) is 9.59 Å². The molecular formula is C18H18Cl2N2O4S. The van der Waals surface area contributed by atoms with E-state index in [1.807, 2.05) is 0 Å². The lowest BCUT2D eigenvalue weighted by molar-refractivity contribution is -0.141. The zero-order valence-electron chi connectivity index (χ0n) is 14.8. The largest absolute Gasteiger partial charge is 0.460 e. The average molecular weight is 429 g/mol. The Hall–Kier alpha value is -1.54. The molecule has 2 aliphatic heterocycles. The van der Waals surface area contributed by atoms with Crippen LogP contribution in [-0.4, -0.2) is 48.0 Å². The van der Waals surface area contributed by atoms with Crippen LogP contribution in [0.3, 0.4) is 0 Å². The standard InChI is InChI=1S/C18H18Cl2N2O4S/c1-10-15(17(24)26-7-6-25-2)16(12-4-3-11(19)9-13(12)20)22-14(23)5-8-27-18(22)21-10/h3-4,9,16H,5-8H2,1-2H3. The third kappa shape index (κ3) is 4.16. The quantitative estimate of drug-likeness (QED) is 0.526. The van der Waals surface area contributed by atoms with E-state index in [1.165, 1.54) is 23.8 Å². The van der Waals surface area contributed by atoms with Gasteiger partial charge in [-0.25, -0.2) is 9.79 Å². The number of fused-ring (bicyclic) bond motifs is 1. The second kappa shape index (κ2) is 8.65. The third-order valence-corrected chi connectivity index (χ3v) is 5.72. The number of halogens is 2. The molecule has 1 unspecified atom stereocenters. The molecule has 1 aromatic rings. The summed E-state index contributed by atoms with van der Waals surface area (Å²) in [7, 11) is 1.52. The number of amidine groups is 1. The van der Waals surface area contributed by atoms with Gasteiger partial charge in [0.2, 0.25) is 5.91 Å². The number of ether oxygens (including phenoxy) is 2. The molecule has 27 heavy (non-hydrogen) atoms. The highest BCUT2D eigenvalue weighted by Gasteiger charge is 2.42. The summed E-state index contributed by atoms with van der Waals surface area (Å²) in [6.07, 6.45) is 0.358. The minimum absolute atomic E-state index is 0.104. The molecule has 1 fully saturated rings. The molecule has 0 bridgehead atoms. The zero-order valence-corrected chi connectivity index (χ0v) is 17.2. The summed E-state index contributed by atoms with van der Waals surface area (Å²) in [5.41, 5.74) is 1.39. The number of carbonyl (C=O) groups excluding carboxylic acids is 2. The Morgan fingerprint density at radius 2 is 2.15 bits per heavy atom. The summed E-state index contributed by atoms with van der Waals surface area (Å²) in [4.78, 5) is 31.5. The maximum Gasteiger partial charge on any atom is 0.338 e. The Morgan fingerprint density at radius 1 is 1.37 bits per heavy atom. The molecule has 0 radical (unpaired) electrons. The number of amides is 1. The summed E-state index contributed by atoms with van der Waals surface area (Å²) in [5, 5.41) is 1.40. The van der Waals surface area contributed by atoms with Crippen LogP contribution in [0.4, 0.5) is 0 Å². The van der Waals surface area contributed by atoms with Crippen molar-refractivity contribution < 1.29 is 19.1 Å². The Morgan fingerprint density at radius 3 is 2.85 bits per heavy atom. The number of carbonyl (C=O) groups is 2. The van der Waals surface area contributed by atoms with Crippen LogP contribution in [0.2, 0.25) is 10.0 Å². The van der Waals surface area contributed by atoms with Crippen LogP contribution in [0, 0.1) is 0 Å². The van der Waals surface area contributed by atoms with Crippen LogP contribution >= 0.6 is 35.0 Å². The maximum absolute atomic E-state index is 12.8. The third-order valence-electron chi connectivity index (χ3n) is 4.20. The number of hydrogen-bond donors (Lipinski definition) is 0. The molecule has 1 saturated heterocycles. The summed E-state index contributed by atoms with van der Waals surface area (Å²) < 4.78 is 10.2. The number of rotatable bonds is 5. The molecule has 1 aromatic carbocycles. The second-order valence-corrected chi connectivity index (χ2v) is 7.86. The molecule has 9 heteroatoms. The number of benzene rings is 1. The predicted molar refractivity (Wildman–Crippen MR) is 106 cm³/mol. The van der Waals surface area contributed by atoms with Crippen molar-refractivity contribution in [2.75, 3.05) is 26.1 Å². The van der Waals surface area contributed by atoms with E-state index in [-0.39, 0.29) is 24.7 Å². The van der Waals surface area contributed by atoms with Crippen molar-refractivity contribution in [3.63, 3.8) is 0 Å². The van der Waals surface area contributed by atoms with Crippen LogP contribution in [0.1, 0.15) is 24.9 Å². The van der Waals surface area contributed by atoms with Crippen molar-refractivity contribution >= 4 is 52.0 Å². The van der Waals surface area contributed by atoms with Gasteiger partial charge in [-0.3, -0.25) is 9.69 Å². The first-order valence-electron chi connectivity index (χ1n) is 8.29. The molecule has 2 heterocycles. The number of hydrogen-bond acceptors (Lipinski definition) is 6. The molecule has 0 N–H and O–H groups in total. The molecule has 6 nitrogen and oxygen atoms in total. The van der Waals surface area contributed by atoms with Gasteiger partial charge >= 0.3 is 5.97 Å². The monoisotopic (exact) mass is 428 g/mol. The van der Waals surface area contributed by atoms with Crippen molar-refractivity contribution in [2.24, 2.45) is 4.99 Å². The van der Waals surface area contributed by atoms with Gasteiger partial charge in [0.1, 0.15) is 6.61 Å². The number of allylic oxidation sites excluding steroid dienone is 1. The Balaban J connectivity index is 2.09. The van der Waals surface area contributed by atoms with Crippen LogP contribution in [0.15, 0.2) is 34.5 Å². The summed E-state index contributed by atoms with van der Waals surface area (Å²) in [6.45, 7) is 2.11. The lowest BCUT2D eigenvalue weighted by Gasteiger charge is -2.39. The van der Waals surface area contributed by atoms with Gasteiger partial charge in [-0.2, -0.15) is 0 Å². The van der Waals surface area contributed by atoms with Crippen molar-refractivity contribution in [3.05, 3.63) is 45.1 Å². The van der Waals surface area contributed by atoms with Gasteiger partial charge in [0.05, 0.1) is 23.9 Å². The normalized spacial score (nSPS) is 19.7. The molecule has 0 aliphatic carbocycles. The van der Waals surface area contributed by atoms with E-state index >= 15 is 0 Å². The first kappa shape index (κ1) is 20.2. The van der Waals surface area contributed by atoms with Gasteiger partial charge in [0.15, 0.2) is 5.17 Å². The van der Waals surface area contributed by atoms with Gasteiger partial charge in [-0.05, 0) is 24.6 Å². The van der Waals surface area contributed by atoms with E-state index in [1.54, 1.807) is 25.1 Å². The molecule has 1 amide bonds. The molecular weight excluding hydrogens is 411 g/mol. The smallest absolute Gasteiger partial charge is 0.338 e. The average Bonchev–Trinajstić information content (AvgIpc) is 2.61. The fraction of sp³-hybridized carbons (Fsp3) is 0.389. The lowest BCUT2D eigenvalue weighted by atomic mass is 9.94. The highest BCUT2D eigenvalue weighted by Crippen LogP contribution is 2.42. The van der Waals surface area contributed by atoms with Gasteiger partial charge in [-0.15, -0.1) is 0 Å². The molecule has 3 rings (SSSR count). The van der Waals surface area contributed by atoms with Crippen LogP contribution < -0.4 is 0 Å². The number of aliphatic imine (C=N–C) groups is 1. The lowest BCUT2D eigenvalue weighted by Crippen LogP contribution is -2.46. The molecule has 2 aliphatic rings. The van der Waals surface area contributed by atoms with Crippen molar-refractivity contribution in [1.29, 1.82) is 0 Å². The minimum atomic E-state index is -0.711. The minimum Gasteiger partial charge on any atom is -0.460 e. The van der Waals surface area contributed by atoms with Crippen LogP contribution in [-0.2, 0) is 19.1 Å². The SMILES string of the molecule is COCCOC(=O)C1=C(C)N=C2SCCC(=O)N2C1c1ccc(Cl)cc1Cl. The Labute approximate surface area is 171 Å². The van der Waals surface area contributed by atoms with Crippen LogP contribution in [0.25, 0.3) is 0 Å². The van der Waals surface area contributed by atoms with Crippen molar-refractivity contribution in [3.8, 4) is 0 Å². The van der Waals surface area contributed by atoms with Gasteiger partial charge in [0.25, 0.3) is 0 Å². The summed E-state index contributed by atoms with van der Waals surface area (Å²) in [5.74, 6) is -0.0131. The van der Waals surface area contributed by atoms with E-state index in [4.69, 9.17) is 32.7 Å². The van der Waals surface area contributed by atoms with Gasteiger partial charge in [-0.1, -0.05) is 41.0 Å². The fourth-order valence-corrected chi connectivity index (χ4v) is 4.49. The second-order valence-electron chi connectivity index (χ2n) is 5.95. The number of methoxy groups -OCH3 is 1. The first-order chi connectivity index (χ1) is 12.9. The fourth-order valence-electron chi connectivity index (χ4n) is 2.97. The van der Waals surface area contributed by atoms with Gasteiger partial charge < -0.3 is 9.47 Å². The predicted octanol–water partition coefficient (Wildman–Crippen LogP) is 3.83. The van der Waals surface area contributed by atoms with Crippen molar-refractivity contribution in [2.45, 2.75) is 19.4 Å². The molecule has 0 spiro atoms. The summed E-state index contributed by atoms with van der Waals surface area (Å²) in [6, 6.07) is 4.28.